The lowest BCUT2D eigenvalue weighted by Gasteiger charge is -2.19. The van der Waals surface area contributed by atoms with Gasteiger partial charge in [-0.1, -0.05) is 18.2 Å². The predicted octanol–water partition coefficient (Wildman–Crippen LogP) is 3.88. The molecule has 3 nitrogen and oxygen atoms in total. The molecule has 0 bridgehead atoms. The summed E-state index contributed by atoms with van der Waals surface area (Å²) in [5, 5.41) is 6.67. The first-order valence-electron chi connectivity index (χ1n) is 6.56. The van der Waals surface area contributed by atoms with Gasteiger partial charge in [-0.05, 0) is 49.5 Å². The highest BCUT2D eigenvalue weighted by Gasteiger charge is 2.11. The second kappa shape index (κ2) is 7.04. The van der Waals surface area contributed by atoms with Gasteiger partial charge in [0.05, 0.1) is 13.2 Å². The number of benzene rings is 2. The summed E-state index contributed by atoms with van der Waals surface area (Å²) in [6.07, 6.45) is 0. The van der Waals surface area contributed by atoms with Crippen LogP contribution in [0.5, 0.6) is 5.75 Å². The third kappa shape index (κ3) is 4.16. The summed E-state index contributed by atoms with van der Waals surface area (Å²) in [5.41, 5.74) is 1.75. The van der Waals surface area contributed by atoms with Gasteiger partial charge < -0.3 is 15.4 Å². The Hall–Kier alpha value is -2.14. The van der Waals surface area contributed by atoms with Gasteiger partial charge in [-0.3, -0.25) is 0 Å². The van der Waals surface area contributed by atoms with E-state index in [1.54, 1.807) is 19.2 Å². The summed E-state index contributed by atoms with van der Waals surface area (Å²) in [4.78, 5) is 0. The molecule has 5 heteroatoms. The Bertz CT molecular complexity index is 616. The van der Waals surface area contributed by atoms with Crippen molar-refractivity contribution in [3.63, 3.8) is 0 Å². The zero-order valence-electron chi connectivity index (χ0n) is 11.9. The normalized spacial score (nSPS) is 11.6. The first-order valence-corrected chi connectivity index (χ1v) is 6.97. The van der Waals surface area contributed by atoms with E-state index in [4.69, 9.17) is 17.0 Å². The topological polar surface area (TPSA) is 33.3 Å². The Balaban J connectivity index is 2.00. The van der Waals surface area contributed by atoms with Crippen molar-refractivity contribution in [3.05, 3.63) is 59.9 Å². The molecule has 2 aromatic carbocycles. The van der Waals surface area contributed by atoms with Crippen molar-refractivity contribution in [1.29, 1.82) is 0 Å². The SMILES string of the molecule is COc1ccccc1C(C)NC(=S)Nc1ccc(F)cc1. The third-order valence-corrected chi connectivity index (χ3v) is 3.28. The van der Waals surface area contributed by atoms with Gasteiger partial charge in [0.2, 0.25) is 0 Å². The number of para-hydroxylation sites is 1. The lowest BCUT2D eigenvalue weighted by atomic mass is 10.1. The molecule has 0 saturated heterocycles. The molecule has 0 aliphatic rings. The lowest BCUT2D eigenvalue weighted by molar-refractivity contribution is 0.405. The Morgan fingerprint density at radius 2 is 1.81 bits per heavy atom. The van der Waals surface area contributed by atoms with Crippen molar-refractivity contribution in [3.8, 4) is 5.75 Å². The minimum atomic E-state index is -0.276. The summed E-state index contributed by atoms with van der Waals surface area (Å²) in [5.74, 6) is 0.531. The van der Waals surface area contributed by atoms with Gasteiger partial charge >= 0.3 is 0 Å². The van der Waals surface area contributed by atoms with E-state index in [2.05, 4.69) is 10.6 Å². The van der Waals surface area contributed by atoms with Gasteiger partial charge in [0.15, 0.2) is 5.11 Å². The van der Waals surface area contributed by atoms with Crippen LogP contribution in [0.15, 0.2) is 48.5 Å². The fraction of sp³-hybridized carbons (Fsp3) is 0.188. The number of hydrogen-bond donors (Lipinski definition) is 2. The van der Waals surface area contributed by atoms with Crippen molar-refractivity contribution >= 4 is 23.0 Å². The number of methoxy groups -OCH3 is 1. The Morgan fingerprint density at radius 1 is 1.14 bits per heavy atom. The van der Waals surface area contributed by atoms with Gasteiger partial charge in [-0.25, -0.2) is 4.39 Å². The third-order valence-electron chi connectivity index (χ3n) is 3.06. The van der Waals surface area contributed by atoms with E-state index in [9.17, 15) is 4.39 Å². The van der Waals surface area contributed by atoms with Crippen LogP contribution in [0.2, 0.25) is 0 Å². The van der Waals surface area contributed by atoms with E-state index >= 15 is 0 Å². The molecule has 0 amide bonds. The minimum absolute atomic E-state index is 0.0124. The van der Waals surface area contributed by atoms with Crippen LogP contribution < -0.4 is 15.4 Å². The molecular formula is C16H17FN2OS. The fourth-order valence-electron chi connectivity index (χ4n) is 2.00. The van der Waals surface area contributed by atoms with Gasteiger partial charge in [0, 0.05) is 11.3 Å². The largest absolute Gasteiger partial charge is 0.496 e. The van der Waals surface area contributed by atoms with Gasteiger partial charge in [0.1, 0.15) is 11.6 Å². The number of thiocarbonyl (C=S) groups is 1. The van der Waals surface area contributed by atoms with E-state index in [1.165, 1.54) is 12.1 Å². The van der Waals surface area contributed by atoms with Crippen LogP contribution >= 0.6 is 12.2 Å². The summed E-state index contributed by atoms with van der Waals surface area (Å²) in [7, 11) is 1.64. The molecule has 0 aliphatic heterocycles. The van der Waals surface area contributed by atoms with Crippen molar-refractivity contribution in [2.24, 2.45) is 0 Å². The maximum Gasteiger partial charge on any atom is 0.171 e. The molecule has 1 atom stereocenters. The average molecular weight is 304 g/mol. The van der Waals surface area contributed by atoms with Crippen LogP contribution in [0.25, 0.3) is 0 Å². The van der Waals surface area contributed by atoms with Crippen LogP contribution in [-0.2, 0) is 0 Å². The first-order chi connectivity index (χ1) is 10.1. The molecule has 2 N–H and O–H groups in total. The molecule has 0 spiro atoms. The molecule has 0 saturated carbocycles. The first kappa shape index (κ1) is 15.3. The monoisotopic (exact) mass is 304 g/mol. The van der Waals surface area contributed by atoms with Crippen molar-refractivity contribution in [2.45, 2.75) is 13.0 Å². The smallest absolute Gasteiger partial charge is 0.171 e. The molecule has 0 aliphatic carbocycles. The zero-order valence-corrected chi connectivity index (χ0v) is 12.7. The second-order valence-electron chi connectivity index (χ2n) is 4.57. The Labute approximate surface area is 129 Å². The molecule has 0 heterocycles. The van der Waals surface area contributed by atoms with Crippen LogP contribution in [0.4, 0.5) is 10.1 Å². The molecular weight excluding hydrogens is 287 g/mol. The molecule has 0 radical (unpaired) electrons. The summed E-state index contributed by atoms with van der Waals surface area (Å²) >= 11 is 5.27. The number of anilines is 1. The second-order valence-corrected chi connectivity index (χ2v) is 4.98. The highest BCUT2D eigenvalue weighted by atomic mass is 32.1. The molecule has 0 fully saturated rings. The summed E-state index contributed by atoms with van der Waals surface area (Å²) in [6, 6.07) is 13.8. The molecule has 110 valence electrons. The quantitative estimate of drug-likeness (QED) is 0.840. The van der Waals surface area contributed by atoms with Crippen LogP contribution in [0.3, 0.4) is 0 Å². The van der Waals surface area contributed by atoms with Crippen molar-refractivity contribution < 1.29 is 9.13 Å². The fourth-order valence-corrected chi connectivity index (χ4v) is 2.29. The maximum atomic E-state index is 12.8. The van der Waals surface area contributed by atoms with E-state index < -0.39 is 0 Å². The van der Waals surface area contributed by atoms with E-state index in [1.807, 2.05) is 31.2 Å². The number of ether oxygens (including phenoxy) is 1. The maximum absolute atomic E-state index is 12.8. The van der Waals surface area contributed by atoms with Gasteiger partial charge in [-0.2, -0.15) is 0 Å². The average Bonchev–Trinajstić information content (AvgIpc) is 2.49. The highest BCUT2D eigenvalue weighted by molar-refractivity contribution is 7.80. The number of rotatable bonds is 4. The summed E-state index contributed by atoms with van der Waals surface area (Å²) < 4.78 is 18.2. The Kier molecular flexibility index (Phi) is 5.11. The standard InChI is InChI=1S/C16H17FN2OS/c1-11(14-5-3-4-6-15(14)20-2)18-16(21)19-13-9-7-12(17)8-10-13/h3-11H,1-2H3,(H2,18,19,21). The van der Waals surface area contributed by atoms with Crippen molar-refractivity contribution in [1.82, 2.24) is 5.32 Å². The molecule has 0 aromatic heterocycles. The number of nitrogens with one attached hydrogen (secondary N) is 2. The number of hydrogen-bond acceptors (Lipinski definition) is 2. The summed E-state index contributed by atoms with van der Waals surface area (Å²) in [6.45, 7) is 2.00. The van der Waals surface area contributed by atoms with Crippen molar-refractivity contribution in [2.75, 3.05) is 12.4 Å². The lowest BCUT2D eigenvalue weighted by Crippen LogP contribution is -2.31. The molecule has 1 unspecified atom stereocenters. The van der Waals surface area contributed by atoms with Gasteiger partial charge in [-0.15, -0.1) is 0 Å². The van der Waals surface area contributed by atoms with Gasteiger partial charge in [0.25, 0.3) is 0 Å². The Morgan fingerprint density at radius 3 is 2.48 bits per heavy atom. The van der Waals surface area contributed by atoms with E-state index in [0.29, 0.717) is 5.11 Å². The number of halogens is 1. The minimum Gasteiger partial charge on any atom is -0.496 e. The zero-order chi connectivity index (χ0) is 15.2. The molecule has 2 rings (SSSR count). The van der Waals surface area contributed by atoms with E-state index in [0.717, 1.165) is 17.0 Å². The van der Waals surface area contributed by atoms with Crippen LogP contribution in [0.1, 0.15) is 18.5 Å². The van der Waals surface area contributed by atoms with Crippen LogP contribution in [-0.4, -0.2) is 12.2 Å². The van der Waals surface area contributed by atoms with E-state index in [-0.39, 0.29) is 11.9 Å². The molecule has 21 heavy (non-hydrogen) atoms. The van der Waals surface area contributed by atoms with Crippen LogP contribution in [0, 0.1) is 5.82 Å². The highest BCUT2D eigenvalue weighted by Crippen LogP contribution is 2.24. The predicted molar refractivity (Wildman–Crippen MR) is 87.2 cm³/mol. The molecule has 2 aromatic rings.